The number of nitro benzene ring substituents is 1. The van der Waals surface area contributed by atoms with Crippen LogP contribution in [0, 0.1) is 21.4 Å². The minimum absolute atomic E-state index is 0.0775. The maximum atomic E-state index is 12.9. The highest BCUT2D eigenvalue weighted by molar-refractivity contribution is 5.76. The van der Waals surface area contributed by atoms with Crippen molar-refractivity contribution in [3.63, 3.8) is 0 Å². The van der Waals surface area contributed by atoms with Crippen LogP contribution in [0.5, 0.6) is 0 Å². The van der Waals surface area contributed by atoms with Gasteiger partial charge in [0.25, 0.3) is 5.69 Å². The predicted molar refractivity (Wildman–Crippen MR) is 63.2 cm³/mol. The van der Waals surface area contributed by atoms with Crippen molar-refractivity contribution in [3.8, 4) is 6.07 Å². The Morgan fingerprint density at radius 3 is 2.52 bits per heavy atom. The molecule has 21 heavy (non-hydrogen) atoms. The lowest BCUT2D eigenvalue weighted by Crippen LogP contribution is -2.17. The van der Waals surface area contributed by atoms with Crippen LogP contribution >= 0.6 is 0 Å². The van der Waals surface area contributed by atoms with Gasteiger partial charge in [0.1, 0.15) is 11.6 Å². The minimum atomic E-state index is -4.89. The van der Waals surface area contributed by atoms with E-state index in [4.69, 9.17) is 5.26 Å². The van der Waals surface area contributed by atoms with Crippen molar-refractivity contribution in [3.05, 3.63) is 38.9 Å². The van der Waals surface area contributed by atoms with E-state index in [9.17, 15) is 28.1 Å². The molecule has 0 radical (unpaired) electrons. The molecule has 9 heteroatoms. The number of alkyl halides is 3. The van der Waals surface area contributed by atoms with Gasteiger partial charge in [0.2, 0.25) is 0 Å². The molecular formula is C12H9F3N2O4. The summed E-state index contributed by atoms with van der Waals surface area (Å²) in [7, 11) is 0. The first-order valence-electron chi connectivity index (χ1n) is 5.65. The van der Waals surface area contributed by atoms with Gasteiger partial charge in [0, 0.05) is 0 Å². The Morgan fingerprint density at radius 1 is 1.48 bits per heavy atom. The number of rotatable bonds is 4. The van der Waals surface area contributed by atoms with Gasteiger partial charge >= 0.3 is 12.1 Å². The van der Waals surface area contributed by atoms with E-state index < -0.39 is 45.9 Å². The van der Waals surface area contributed by atoms with E-state index in [-0.39, 0.29) is 6.61 Å². The van der Waals surface area contributed by atoms with Gasteiger partial charge in [-0.2, -0.15) is 18.4 Å². The van der Waals surface area contributed by atoms with Gasteiger partial charge < -0.3 is 4.74 Å². The largest absolute Gasteiger partial charge is 0.466 e. The predicted octanol–water partition coefficient (Wildman–Crippen LogP) is 2.59. The molecule has 0 bridgehead atoms. The van der Waals surface area contributed by atoms with Crippen LogP contribution in [0.4, 0.5) is 18.9 Å². The van der Waals surface area contributed by atoms with E-state index >= 15 is 0 Å². The zero-order valence-electron chi connectivity index (χ0n) is 10.7. The number of ether oxygens (including phenoxy) is 1. The molecular weight excluding hydrogens is 293 g/mol. The summed E-state index contributed by atoms with van der Waals surface area (Å²) in [5.41, 5.74) is -3.78. The molecule has 0 N–H and O–H groups in total. The second-order valence-corrected chi connectivity index (χ2v) is 3.84. The third-order valence-corrected chi connectivity index (χ3v) is 2.52. The van der Waals surface area contributed by atoms with E-state index in [1.54, 1.807) is 0 Å². The maximum Gasteiger partial charge on any atom is 0.416 e. The Balaban J connectivity index is 3.55. The second-order valence-electron chi connectivity index (χ2n) is 3.84. The minimum Gasteiger partial charge on any atom is -0.466 e. The Morgan fingerprint density at radius 2 is 2.10 bits per heavy atom. The first-order chi connectivity index (χ1) is 9.72. The lowest BCUT2D eigenvalue weighted by molar-refractivity contribution is -0.386. The second kappa shape index (κ2) is 6.21. The Kier molecular flexibility index (Phi) is 4.86. The van der Waals surface area contributed by atoms with Gasteiger partial charge in [-0.3, -0.25) is 14.9 Å². The number of esters is 1. The molecule has 1 aromatic rings. The van der Waals surface area contributed by atoms with Crippen molar-refractivity contribution in [2.24, 2.45) is 0 Å². The number of nitro groups is 1. The molecule has 0 aromatic heterocycles. The standard InChI is InChI=1S/C12H9F3N2O4/c1-2-21-10(18)5-8-9(12(13,14)15)4-3-7(6-16)11(8)17(19)20/h3-4H,2,5H2,1H3. The first-order valence-corrected chi connectivity index (χ1v) is 5.65. The summed E-state index contributed by atoms with van der Waals surface area (Å²) in [5, 5.41) is 19.7. The van der Waals surface area contributed by atoms with Crippen LogP contribution < -0.4 is 0 Å². The number of hydrogen-bond acceptors (Lipinski definition) is 5. The van der Waals surface area contributed by atoms with Crippen molar-refractivity contribution in [1.82, 2.24) is 0 Å². The van der Waals surface area contributed by atoms with Crippen molar-refractivity contribution in [1.29, 1.82) is 5.26 Å². The summed E-state index contributed by atoms with van der Waals surface area (Å²) in [4.78, 5) is 21.2. The lowest BCUT2D eigenvalue weighted by Gasteiger charge is -2.13. The summed E-state index contributed by atoms with van der Waals surface area (Å²) >= 11 is 0. The molecule has 0 fully saturated rings. The highest BCUT2D eigenvalue weighted by Gasteiger charge is 2.38. The molecule has 0 saturated carbocycles. The first kappa shape index (κ1) is 16.4. The highest BCUT2D eigenvalue weighted by Crippen LogP contribution is 2.38. The molecule has 1 rings (SSSR count). The number of halogens is 3. The summed E-state index contributed by atoms with van der Waals surface area (Å²) in [6.07, 6.45) is -5.82. The fourth-order valence-corrected chi connectivity index (χ4v) is 1.74. The van der Waals surface area contributed by atoms with E-state index in [0.29, 0.717) is 12.1 Å². The zero-order valence-corrected chi connectivity index (χ0v) is 10.7. The molecule has 0 heterocycles. The van der Waals surface area contributed by atoms with Crippen LogP contribution in [0.3, 0.4) is 0 Å². The number of nitrogens with zero attached hydrogens (tertiary/aromatic N) is 2. The van der Waals surface area contributed by atoms with Gasteiger partial charge in [-0.1, -0.05) is 0 Å². The van der Waals surface area contributed by atoms with E-state index in [1.807, 2.05) is 0 Å². The molecule has 6 nitrogen and oxygen atoms in total. The molecule has 0 aliphatic heterocycles. The molecule has 112 valence electrons. The molecule has 0 spiro atoms. The lowest BCUT2D eigenvalue weighted by atomic mass is 9.98. The van der Waals surface area contributed by atoms with E-state index in [1.165, 1.54) is 13.0 Å². The fraction of sp³-hybridized carbons (Fsp3) is 0.333. The SMILES string of the molecule is CCOC(=O)Cc1c(C(F)(F)F)ccc(C#N)c1[N+](=O)[O-]. The van der Waals surface area contributed by atoms with E-state index in [2.05, 4.69) is 4.74 Å². The molecule has 1 aromatic carbocycles. The van der Waals surface area contributed by atoms with Crippen LogP contribution in [0.25, 0.3) is 0 Å². The number of carbonyl (C=O) groups is 1. The van der Waals surface area contributed by atoms with Crippen molar-refractivity contribution in [2.75, 3.05) is 6.61 Å². The molecule has 0 amide bonds. The number of carbonyl (C=O) groups excluding carboxylic acids is 1. The normalized spacial score (nSPS) is 10.8. The molecule has 0 aliphatic rings. The summed E-state index contributed by atoms with van der Waals surface area (Å²) in [5.74, 6) is -1.04. The highest BCUT2D eigenvalue weighted by atomic mass is 19.4. The van der Waals surface area contributed by atoms with Crippen LogP contribution in [0.2, 0.25) is 0 Å². The Bertz CT molecular complexity index is 620. The summed E-state index contributed by atoms with van der Waals surface area (Å²) in [6, 6.07) is 2.69. The van der Waals surface area contributed by atoms with Crippen LogP contribution in [0.15, 0.2) is 12.1 Å². The number of benzene rings is 1. The van der Waals surface area contributed by atoms with Gasteiger partial charge in [0.05, 0.1) is 29.1 Å². The van der Waals surface area contributed by atoms with Gasteiger partial charge in [-0.25, -0.2) is 0 Å². The summed E-state index contributed by atoms with van der Waals surface area (Å²) in [6.45, 7) is 1.37. The Labute approximate surface area is 116 Å². The van der Waals surface area contributed by atoms with Gasteiger partial charge in [-0.05, 0) is 19.1 Å². The van der Waals surface area contributed by atoms with Crippen LogP contribution in [-0.4, -0.2) is 17.5 Å². The number of nitriles is 1. The average molecular weight is 302 g/mol. The van der Waals surface area contributed by atoms with Gasteiger partial charge in [-0.15, -0.1) is 0 Å². The smallest absolute Gasteiger partial charge is 0.416 e. The third kappa shape index (κ3) is 3.68. The Hall–Kier alpha value is -2.63. The van der Waals surface area contributed by atoms with Crippen molar-refractivity contribution in [2.45, 2.75) is 19.5 Å². The fourth-order valence-electron chi connectivity index (χ4n) is 1.74. The topological polar surface area (TPSA) is 93.2 Å². The average Bonchev–Trinajstić information content (AvgIpc) is 2.36. The quantitative estimate of drug-likeness (QED) is 0.484. The maximum absolute atomic E-state index is 12.9. The van der Waals surface area contributed by atoms with E-state index in [0.717, 1.165) is 0 Å². The number of hydrogen-bond donors (Lipinski definition) is 0. The summed E-state index contributed by atoms with van der Waals surface area (Å²) < 4.78 is 43.2. The molecule has 0 unspecified atom stereocenters. The monoisotopic (exact) mass is 302 g/mol. The molecule has 0 atom stereocenters. The van der Waals surface area contributed by atoms with Crippen LogP contribution in [-0.2, 0) is 22.1 Å². The van der Waals surface area contributed by atoms with Gasteiger partial charge in [0.15, 0.2) is 0 Å². The zero-order chi connectivity index (χ0) is 16.2. The van der Waals surface area contributed by atoms with Crippen molar-refractivity contribution < 1.29 is 27.6 Å². The molecule has 0 aliphatic carbocycles. The van der Waals surface area contributed by atoms with Crippen LogP contribution in [0.1, 0.15) is 23.6 Å². The molecule has 0 saturated heterocycles. The third-order valence-electron chi connectivity index (χ3n) is 2.52. The van der Waals surface area contributed by atoms with Crippen molar-refractivity contribution >= 4 is 11.7 Å².